The molecule has 1 fully saturated rings. The van der Waals surface area contributed by atoms with Crippen LogP contribution in [0.25, 0.3) is 0 Å². The smallest absolute Gasteiger partial charge is 0.338 e. The average Bonchev–Trinajstić information content (AvgIpc) is 2.98. The normalized spacial score (nSPS) is 14.5. The molecule has 2 amide bonds. The van der Waals surface area contributed by atoms with E-state index in [1.54, 1.807) is 30.0 Å². The van der Waals surface area contributed by atoms with E-state index in [4.69, 9.17) is 0 Å². The summed E-state index contributed by atoms with van der Waals surface area (Å²) in [5.74, 6) is -0.410. The number of carbonyl (C=O) groups is 2. The van der Waals surface area contributed by atoms with Crippen LogP contribution in [0.4, 0.5) is 18.9 Å². The van der Waals surface area contributed by atoms with Gasteiger partial charge in [-0.1, -0.05) is 12.1 Å². The fraction of sp³-hybridized carbons (Fsp3) is 0.300. The van der Waals surface area contributed by atoms with E-state index in [2.05, 4.69) is 5.32 Å². The van der Waals surface area contributed by atoms with Crippen LogP contribution >= 0.6 is 0 Å². The third-order valence-electron chi connectivity index (χ3n) is 4.40. The van der Waals surface area contributed by atoms with Crippen molar-refractivity contribution in [1.82, 2.24) is 4.90 Å². The van der Waals surface area contributed by atoms with Crippen molar-refractivity contribution in [2.24, 2.45) is 0 Å². The molecular formula is C20H19F3N2O2. The predicted octanol–water partition coefficient (Wildman–Crippen LogP) is 4.39. The zero-order valence-electron chi connectivity index (χ0n) is 14.8. The molecule has 0 radical (unpaired) electrons. The lowest BCUT2D eigenvalue weighted by atomic mass is 10.1. The van der Waals surface area contributed by atoms with Crippen LogP contribution in [0, 0.1) is 6.92 Å². The highest BCUT2D eigenvalue weighted by atomic mass is 19.4. The van der Waals surface area contributed by atoms with Crippen LogP contribution in [0.3, 0.4) is 0 Å². The molecule has 0 bridgehead atoms. The molecule has 2 aromatic rings. The molecule has 1 saturated heterocycles. The third-order valence-corrected chi connectivity index (χ3v) is 4.40. The van der Waals surface area contributed by atoms with E-state index in [0.29, 0.717) is 30.6 Å². The Balaban J connectivity index is 1.76. The van der Waals surface area contributed by atoms with E-state index in [0.717, 1.165) is 24.1 Å². The van der Waals surface area contributed by atoms with Gasteiger partial charge in [-0.2, -0.15) is 13.2 Å². The van der Waals surface area contributed by atoms with Gasteiger partial charge in [0.1, 0.15) is 0 Å². The average molecular weight is 376 g/mol. The molecule has 1 aliphatic heterocycles. The molecule has 142 valence electrons. The summed E-state index contributed by atoms with van der Waals surface area (Å²) >= 11 is 0. The summed E-state index contributed by atoms with van der Waals surface area (Å²) in [7, 11) is 0. The quantitative estimate of drug-likeness (QED) is 0.861. The lowest BCUT2D eigenvalue weighted by Crippen LogP contribution is -2.24. The Morgan fingerprint density at radius 1 is 1.19 bits per heavy atom. The fourth-order valence-electron chi connectivity index (χ4n) is 3.12. The maximum Gasteiger partial charge on any atom is 0.416 e. The molecule has 2 aromatic carbocycles. The maximum absolute atomic E-state index is 12.9. The van der Waals surface area contributed by atoms with Crippen molar-refractivity contribution in [2.45, 2.75) is 32.5 Å². The van der Waals surface area contributed by atoms with Gasteiger partial charge < -0.3 is 10.2 Å². The molecule has 1 aliphatic rings. The van der Waals surface area contributed by atoms with Crippen molar-refractivity contribution in [1.29, 1.82) is 0 Å². The molecular weight excluding hydrogens is 357 g/mol. The van der Waals surface area contributed by atoms with Gasteiger partial charge in [0.2, 0.25) is 5.91 Å². The first-order valence-electron chi connectivity index (χ1n) is 8.59. The Hall–Kier alpha value is -2.83. The van der Waals surface area contributed by atoms with Crippen molar-refractivity contribution in [3.05, 3.63) is 64.7 Å². The summed E-state index contributed by atoms with van der Waals surface area (Å²) < 4.78 is 38.8. The number of hydrogen-bond donors (Lipinski definition) is 1. The first-order chi connectivity index (χ1) is 12.7. The third kappa shape index (κ3) is 4.67. The minimum Gasteiger partial charge on any atom is -0.338 e. The van der Waals surface area contributed by atoms with Crippen LogP contribution in [0.15, 0.2) is 42.5 Å². The van der Waals surface area contributed by atoms with Gasteiger partial charge in [0.15, 0.2) is 0 Å². The standard InChI is InChI=1S/C20H19F3N2O2/c1-13-8-16(20(21,22)23)11-17(9-13)24-19(27)15-5-2-4-14(10-15)12-25-7-3-6-18(25)26/h2,4-5,8-11H,3,6-7,12H2,1H3,(H,24,27). The molecule has 4 nitrogen and oxygen atoms in total. The number of halogens is 3. The van der Waals surface area contributed by atoms with Crippen molar-refractivity contribution in [2.75, 3.05) is 11.9 Å². The molecule has 1 heterocycles. The molecule has 1 N–H and O–H groups in total. The highest BCUT2D eigenvalue weighted by Gasteiger charge is 2.31. The van der Waals surface area contributed by atoms with Crippen LogP contribution in [0.5, 0.6) is 0 Å². The lowest BCUT2D eigenvalue weighted by Gasteiger charge is -2.16. The zero-order valence-corrected chi connectivity index (χ0v) is 14.8. The van der Waals surface area contributed by atoms with E-state index >= 15 is 0 Å². The van der Waals surface area contributed by atoms with E-state index < -0.39 is 17.6 Å². The lowest BCUT2D eigenvalue weighted by molar-refractivity contribution is -0.137. The summed E-state index contributed by atoms with van der Waals surface area (Å²) in [5.41, 5.74) is 0.820. The SMILES string of the molecule is Cc1cc(NC(=O)c2cccc(CN3CCCC3=O)c2)cc(C(F)(F)F)c1. The molecule has 0 unspecified atom stereocenters. The second-order valence-corrected chi connectivity index (χ2v) is 6.66. The molecule has 7 heteroatoms. The number of amides is 2. The van der Waals surface area contributed by atoms with E-state index in [9.17, 15) is 22.8 Å². The molecule has 3 rings (SSSR count). The second kappa shape index (κ2) is 7.42. The first kappa shape index (κ1) is 18.9. The van der Waals surface area contributed by atoms with E-state index in [-0.39, 0.29) is 11.6 Å². The van der Waals surface area contributed by atoms with Crippen LogP contribution in [0.1, 0.15) is 39.9 Å². The number of benzene rings is 2. The number of anilines is 1. The van der Waals surface area contributed by atoms with Crippen molar-refractivity contribution < 1.29 is 22.8 Å². The van der Waals surface area contributed by atoms with Gasteiger partial charge in [0.05, 0.1) is 5.56 Å². The zero-order chi connectivity index (χ0) is 19.6. The largest absolute Gasteiger partial charge is 0.416 e. The number of likely N-dealkylation sites (tertiary alicyclic amines) is 1. The second-order valence-electron chi connectivity index (χ2n) is 6.66. The fourth-order valence-corrected chi connectivity index (χ4v) is 3.12. The van der Waals surface area contributed by atoms with E-state index in [1.807, 2.05) is 6.07 Å². The highest BCUT2D eigenvalue weighted by molar-refractivity contribution is 6.04. The minimum atomic E-state index is -4.48. The number of carbonyl (C=O) groups excluding carboxylic acids is 2. The van der Waals surface area contributed by atoms with Gasteiger partial charge in [-0.25, -0.2) is 0 Å². The Morgan fingerprint density at radius 3 is 2.63 bits per heavy atom. The monoisotopic (exact) mass is 376 g/mol. The first-order valence-corrected chi connectivity index (χ1v) is 8.59. The molecule has 27 heavy (non-hydrogen) atoms. The van der Waals surface area contributed by atoms with Crippen molar-refractivity contribution in [3.63, 3.8) is 0 Å². The summed E-state index contributed by atoms with van der Waals surface area (Å²) in [5, 5.41) is 2.52. The van der Waals surface area contributed by atoms with Crippen LogP contribution in [0.2, 0.25) is 0 Å². The Morgan fingerprint density at radius 2 is 1.96 bits per heavy atom. The van der Waals surface area contributed by atoms with Crippen molar-refractivity contribution in [3.8, 4) is 0 Å². The van der Waals surface area contributed by atoms with E-state index in [1.165, 1.54) is 6.07 Å². The molecule has 0 aliphatic carbocycles. The number of rotatable bonds is 4. The molecule has 0 saturated carbocycles. The Labute approximate surface area is 155 Å². The van der Waals surface area contributed by atoms with Crippen LogP contribution in [-0.4, -0.2) is 23.3 Å². The number of nitrogens with zero attached hydrogens (tertiary/aromatic N) is 1. The van der Waals surface area contributed by atoms with Gasteiger partial charge in [-0.05, 0) is 54.8 Å². The summed E-state index contributed by atoms with van der Waals surface area (Å²) in [6.07, 6.45) is -3.11. The van der Waals surface area contributed by atoms with Gasteiger partial charge in [0.25, 0.3) is 5.91 Å². The minimum absolute atomic E-state index is 0.0873. The maximum atomic E-state index is 12.9. The van der Waals surface area contributed by atoms with Crippen LogP contribution < -0.4 is 5.32 Å². The van der Waals surface area contributed by atoms with Gasteiger partial charge in [-0.3, -0.25) is 9.59 Å². The van der Waals surface area contributed by atoms with Gasteiger partial charge >= 0.3 is 6.18 Å². The predicted molar refractivity (Wildman–Crippen MR) is 95.2 cm³/mol. The highest BCUT2D eigenvalue weighted by Crippen LogP contribution is 2.32. The van der Waals surface area contributed by atoms with Gasteiger partial charge in [0, 0.05) is 30.8 Å². The number of aryl methyl sites for hydroxylation is 1. The number of alkyl halides is 3. The van der Waals surface area contributed by atoms with Gasteiger partial charge in [-0.15, -0.1) is 0 Å². The van der Waals surface area contributed by atoms with Crippen molar-refractivity contribution >= 4 is 17.5 Å². The number of nitrogens with one attached hydrogen (secondary N) is 1. The topological polar surface area (TPSA) is 49.4 Å². The number of hydrogen-bond acceptors (Lipinski definition) is 2. The van der Waals surface area contributed by atoms with Crippen LogP contribution in [-0.2, 0) is 17.5 Å². The Bertz CT molecular complexity index is 878. The summed E-state index contributed by atoms with van der Waals surface area (Å²) in [6.45, 7) is 2.65. The summed E-state index contributed by atoms with van der Waals surface area (Å²) in [4.78, 5) is 25.9. The molecule has 0 aromatic heterocycles. The summed E-state index contributed by atoms with van der Waals surface area (Å²) in [6, 6.07) is 10.2. The Kier molecular flexibility index (Phi) is 5.21. The molecule has 0 spiro atoms. The molecule has 0 atom stereocenters.